The van der Waals surface area contributed by atoms with Gasteiger partial charge in [0.15, 0.2) is 6.04 Å². The first-order chi connectivity index (χ1) is 10.5. The summed E-state index contributed by atoms with van der Waals surface area (Å²) in [5.74, 6) is -2.86. The summed E-state index contributed by atoms with van der Waals surface area (Å²) < 4.78 is 12.7. The molecule has 2 fully saturated rings. The van der Waals surface area contributed by atoms with Gasteiger partial charge in [-0.1, -0.05) is 12.8 Å². The van der Waals surface area contributed by atoms with E-state index < -0.39 is 36.4 Å². The van der Waals surface area contributed by atoms with Crippen LogP contribution in [0, 0.1) is 11.8 Å². The SMILES string of the molecule is O=C(O)C(CF)NC(=O)C1CCCCC1C(=O)N1CCCC1. The van der Waals surface area contributed by atoms with E-state index in [1.165, 1.54) is 0 Å². The Morgan fingerprint density at radius 1 is 1.09 bits per heavy atom. The second-order valence-electron chi connectivity index (χ2n) is 6.08. The largest absolute Gasteiger partial charge is 0.480 e. The molecule has 0 spiro atoms. The fourth-order valence-electron chi connectivity index (χ4n) is 3.36. The predicted octanol–water partition coefficient (Wildman–Crippen LogP) is 0.954. The van der Waals surface area contributed by atoms with Crippen molar-refractivity contribution in [3.05, 3.63) is 0 Å². The topological polar surface area (TPSA) is 86.7 Å². The van der Waals surface area contributed by atoms with Crippen molar-refractivity contribution in [3.63, 3.8) is 0 Å². The number of hydrogen-bond acceptors (Lipinski definition) is 3. The summed E-state index contributed by atoms with van der Waals surface area (Å²) in [6, 6.07) is -1.53. The molecule has 124 valence electrons. The number of carboxylic acids is 1. The smallest absolute Gasteiger partial charge is 0.328 e. The number of aliphatic carboxylic acids is 1. The van der Waals surface area contributed by atoms with Gasteiger partial charge >= 0.3 is 5.97 Å². The number of hydrogen-bond donors (Lipinski definition) is 2. The number of nitrogens with one attached hydrogen (secondary N) is 1. The standard InChI is InChI=1S/C15H23FN2O4/c16-9-12(15(21)22)17-13(19)10-5-1-2-6-11(10)14(20)18-7-3-4-8-18/h10-12H,1-9H2,(H,17,19)(H,21,22). The Kier molecular flexibility index (Phi) is 5.74. The average Bonchev–Trinajstić information content (AvgIpc) is 3.05. The lowest BCUT2D eigenvalue weighted by Crippen LogP contribution is -2.49. The molecule has 0 radical (unpaired) electrons. The highest BCUT2D eigenvalue weighted by molar-refractivity contribution is 5.90. The van der Waals surface area contributed by atoms with Gasteiger partial charge in [0.1, 0.15) is 6.67 Å². The second-order valence-corrected chi connectivity index (χ2v) is 6.08. The Bertz CT molecular complexity index is 437. The first-order valence-electron chi connectivity index (χ1n) is 7.92. The minimum atomic E-state index is -1.53. The molecule has 7 heteroatoms. The number of alkyl halides is 1. The van der Waals surface area contributed by atoms with Gasteiger partial charge in [0.2, 0.25) is 11.8 Å². The van der Waals surface area contributed by atoms with E-state index in [2.05, 4.69) is 5.32 Å². The van der Waals surface area contributed by atoms with Crippen LogP contribution in [0.5, 0.6) is 0 Å². The van der Waals surface area contributed by atoms with Gasteiger partial charge in [-0.2, -0.15) is 0 Å². The number of rotatable bonds is 5. The third kappa shape index (κ3) is 3.75. The molecule has 1 aliphatic heterocycles. The lowest BCUT2D eigenvalue weighted by Gasteiger charge is -2.32. The summed E-state index contributed by atoms with van der Waals surface area (Å²) in [5, 5.41) is 11.1. The van der Waals surface area contributed by atoms with Crippen LogP contribution in [0.4, 0.5) is 4.39 Å². The van der Waals surface area contributed by atoms with E-state index in [4.69, 9.17) is 5.11 Å². The van der Waals surface area contributed by atoms with Gasteiger partial charge in [0, 0.05) is 24.9 Å². The van der Waals surface area contributed by atoms with Crippen molar-refractivity contribution in [2.45, 2.75) is 44.6 Å². The number of carbonyl (C=O) groups is 3. The Morgan fingerprint density at radius 3 is 2.23 bits per heavy atom. The monoisotopic (exact) mass is 314 g/mol. The first-order valence-corrected chi connectivity index (χ1v) is 7.92. The third-order valence-electron chi connectivity index (χ3n) is 4.61. The summed E-state index contributed by atoms with van der Waals surface area (Å²) in [4.78, 5) is 37.5. The molecular weight excluding hydrogens is 291 g/mol. The minimum Gasteiger partial charge on any atom is -0.480 e. The van der Waals surface area contributed by atoms with Crippen molar-refractivity contribution in [3.8, 4) is 0 Å². The van der Waals surface area contributed by atoms with Gasteiger partial charge in [-0.15, -0.1) is 0 Å². The molecule has 6 nitrogen and oxygen atoms in total. The maximum absolute atomic E-state index is 12.7. The number of likely N-dealkylation sites (tertiary alicyclic amines) is 1. The highest BCUT2D eigenvalue weighted by Gasteiger charge is 2.39. The van der Waals surface area contributed by atoms with E-state index in [1.54, 1.807) is 4.90 Å². The molecule has 0 aromatic rings. The van der Waals surface area contributed by atoms with Crippen LogP contribution in [0.3, 0.4) is 0 Å². The van der Waals surface area contributed by atoms with Crippen molar-refractivity contribution >= 4 is 17.8 Å². The van der Waals surface area contributed by atoms with Crippen LogP contribution < -0.4 is 5.32 Å². The average molecular weight is 314 g/mol. The summed E-state index contributed by atoms with van der Waals surface area (Å²) in [6.45, 7) is 0.302. The molecule has 1 saturated heterocycles. The number of nitrogens with zero attached hydrogens (tertiary/aromatic N) is 1. The molecule has 2 aliphatic rings. The van der Waals surface area contributed by atoms with Gasteiger partial charge in [0.25, 0.3) is 0 Å². The Morgan fingerprint density at radius 2 is 1.68 bits per heavy atom. The van der Waals surface area contributed by atoms with E-state index in [-0.39, 0.29) is 5.91 Å². The van der Waals surface area contributed by atoms with Crippen LogP contribution in [0.15, 0.2) is 0 Å². The highest BCUT2D eigenvalue weighted by atomic mass is 19.1. The molecule has 0 bridgehead atoms. The van der Waals surface area contributed by atoms with E-state index in [9.17, 15) is 18.8 Å². The first kappa shape index (κ1) is 16.7. The number of carboxylic acid groups (broad SMARTS) is 1. The molecule has 2 rings (SSSR count). The number of halogens is 1. The number of carbonyl (C=O) groups excluding carboxylic acids is 2. The van der Waals surface area contributed by atoms with Crippen LogP contribution in [-0.4, -0.2) is 53.6 Å². The quantitative estimate of drug-likeness (QED) is 0.791. The molecule has 3 atom stereocenters. The summed E-state index contributed by atoms with van der Waals surface area (Å²) >= 11 is 0. The normalized spacial score (nSPS) is 26.5. The zero-order chi connectivity index (χ0) is 16.1. The van der Waals surface area contributed by atoms with Crippen molar-refractivity contribution in [1.82, 2.24) is 10.2 Å². The van der Waals surface area contributed by atoms with Crippen molar-refractivity contribution in [2.75, 3.05) is 19.8 Å². The maximum atomic E-state index is 12.7. The van der Waals surface area contributed by atoms with E-state index in [1.807, 2.05) is 0 Å². The molecule has 1 heterocycles. The molecule has 22 heavy (non-hydrogen) atoms. The molecule has 2 N–H and O–H groups in total. The molecule has 0 aromatic carbocycles. The number of amides is 2. The molecular formula is C15H23FN2O4. The van der Waals surface area contributed by atoms with Gasteiger partial charge in [-0.25, -0.2) is 9.18 Å². The summed E-state index contributed by atoms with van der Waals surface area (Å²) in [7, 11) is 0. The Balaban J connectivity index is 2.03. The lowest BCUT2D eigenvalue weighted by molar-refractivity contribution is -0.146. The zero-order valence-corrected chi connectivity index (χ0v) is 12.6. The highest BCUT2D eigenvalue weighted by Crippen LogP contribution is 2.32. The van der Waals surface area contributed by atoms with E-state index >= 15 is 0 Å². The van der Waals surface area contributed by atoms with E-state index in [0.717, 1.165) is 38.8 Å². The van der Waals surface area contributed by atoms with Crippen LogP contribution in [0.25, 0.3) is 0 Å². The maximum Gasteiger partial charge on any atom is 0.328 e. The Labute approximate surface area is 129 Å². The van der Waals surface area contributed by atoms with Gasteiger partial charge in [-0.3, -0.25) is 9.59 Å². The third-order valence-corrected chi connectivity index (χ3v) is 4.61. The van der Waals surface area contributed by atoms with Crippen molar-refractivity contribution in [2.24, 2.45) is 11.8 Å². The van der Waals surface area contributed by atoms with Crippen LogP contribution >= 0.6 is 0 Å². The summed E-state index contributed by atoms with van der Waals surface area (Å²) in [5.41, 5.74) is 0. The van der Waals surface area contributed by atoms with Gasteiger partial charge in [-0.05, 0) is 25.7 Å². The van der Waals surface area contributed by atoms with E-state index in [0.29, 0.717) is 12.8 Å². The zero-order valence-electron chi connectivity index (χ0n) is 12.6. The molecule has 3 unspecified atom stereocenters. The van der Waals surface area contributed by atoms with Crippen molar-refractivity contribution < 1.29 is 23.9 Å². The predicted molar refractivity (Wildman–Crippen MR) is 76.8 cm³/mol. The molecule has 1 saturated carbocycles. The lowest BCUT2D eigenvalue weighted by atomic mass is 9.77. The summed E-state index contributed by atoms with van der Waals surface area (Å²) in [6.07, 6.45) is 4.88. The van der Waals surface area contributed by atoms with Crippen LogP contribution in [0.2, 0.25) is 0 Å². The molecule has 2 amide bonds. The fraction of sp³-hybridized carbons (Fsp3) is 0.800. The van der Waals surface area contributed by atoms with Gasteiger partial charge in [0.05, 0.1) is 0 Å². The minimum absolute atomic E-state index is 0.00975. The Hall–Kier alpha value is -1.66. The molecule has 0 aromatic heterocycles. The van der Waals surface area contributed by atoms with Crippen LogP contribution in [-0.2, 0) is 14.4 Å². The van der Waals surface area contributed by atoms with Crippen molar-refractivity contribution in [1.29, 1.82) is 0 Å². The van der Waals surface area contributed by atoms with Gasteiger partial charge < -0.3 is 15.3 Å². The second kappa shape index (κ2) is 7.56. The fourth-order valence-corrected chi connectivity index (χ4v) is 3.36. The van der Waals surface area contributed by atoms with Crippen LogP contribution in [0.1, 0.15) is 38.5 Å². The molecule has 1 aliphatic carbocycles.